The molecule has 3 rings (SSSR count). The number of hydrogen-bond acceptors (Lipinski definition) is 4. The Labute approximate surface area is 175 Å². The fraction of sp³-hybridized carbons (Fsp3) is 0.500. The van der Waals surface area contributed by atoms with E-state index in [1.165, 1.54) is 0 Å². The Kier molecular flexibility index (Phi) is 7.96. The number of nitrogens with one attached hydrogen (secondary N) is 2. The Morgan fingerprint density at radius 2 is 2.26 bits per heavy atom. The van der Waals surface area contributed by atoms with Crippen molar-refractivity contribution in [2.75, 3.05) is 14.2 Å². The van der Waals surface area contributed by atoms with Gasteiger partial charge in [-0.15, -0.1) is 24.0 Å². The first-order valence-electron chi connectivity index (χ1n) is 8.72. The van der Waals surface area contributed by atoms with E-state index in [1.54, 1.807) is 33.2 Å². The first kappa shape index (κ1) is 21.5. The third-order valence-electron chi connectivity index (χ3n) is 4.44. The molecule has 27 heavy (non-hydrogen) atoms. The van der Waals surface area contributed by atoms with Crippen LogP contribution in [0.2, 0.25) is 0 Å². The van der Waals surface area contributed by atoms with Crippen LogP contribution in [0.25, 0.3) is 0 Å². The second-order valence-electron chi connectivity index (χ2n) is 6.45. The summed E-state index contributed by atoms with van der Waals surface area (Å²) in [6.45, 7) is 3.42. The summed E-state index contributed by atoms with van der Waals surface area (Å²) in [6, 6.07) is 5.46. The summed E-state index contributed by atoms with van der Waals surface area (Å²) in [7, 11) is 3.37. The molecule has 7 nitrogen and oxygen atoms in total. The zero-order valence-electron chi connectivity index (χ0n) is 15.8. The van der Waals surface area contributed by atoms with E-state index >= 15 is 0 Å². The van der Waals surface area contributed by atoms with Gasteiger partial charge in [0.2, 0.25) is 0 Å². The Hall–Kier alpha value is -1.75. The molecule has 1 aromatic carbocycles. The lowest BCUT2D eigenvalue weighted by atomic mass is 10.1. The normalized spacial score (nSPS) is 16.4. The van der Waals surface area contributed by atoms with Crippen molar-refractivity contribution in [2.24, 2.45) is 4.99 Å². The largest absolute Gasteiger partial charge is 0.377 e. The predicted octanol–water partition coefficient (Wildman–Crippen LogP) is 2.17. The van der Waals surface area contributed by atoms with Crippen LogP contribution in [0.1, 0.15) is 29.2 Å². The highest BCUT2D eigenvalue weighted by molar-refractivity contribution is 14.0. The molecule has 0 radical (unpaired) electrons. The van der Waals surface area contributed by atoms with Crippen LogP contribution in [0.15, 0.2) is 23.2 Å². The summed E-state index contributed by atoms with van der Waals surface area (Å²) in [4.78, 5) is 8.75. The standard InChI is InChI=1S/C18H25FN6O.HI/c1-12-4-5-13(8-15(12)19)9-21-18(20-2)22-14-6-7-17-23-16(11-26-3)24-25(17)10-14;/h4-5,8,14H,6-7,9-11H2,1-3H3,(H2,20,21,22);1H. The molecule has 0 spiro atoms. The number of aryl methyl sites for hydroxylation is 2. The average molecular weight is 488 g/mol. The quantitative estimate of drug-likeness (QED) is 0.384. The lowest BCUT2D eigenvalue weighted by Gasteiger charge is -2.25. The van der Waals surface area contributed by atoms with Crippen molar-refractivity contribution in [3.05, 3.63) is 46.8 Å². The number of aliphatic imine (C=N–C) groups is 1. The molecule has 1 aliphatic heterocycles. The van der Waals surface area contributed by atoms with Crippen LogP contribution >= 0.6 is 24.0 Å². The van der Waals surface area contributed by atoms with Crippen molar-refractivity contribution >= 4 is 29.9 Å². The van der Waals surface area contributed by atoms with Gasteiger partial charge in [0.05, 0.1) is 6.54 Å². The zero-order valence-corrected chi connectivity index (χ0v) is 18.2. The fourth-order valence-electron chi connectivity index (χ4n) is 2.99. The number of hydrogen-bond donors (Lipinski definition) is 2. The second-order valence-corrected chi connectivity index (χ2v) is 6.45. The van der Waals surface area contributed by atoms with Gasteiger partial charge in [-0.1, -0.05) is 12.1 Å². The van der Waals surface area contributed by atoms with Crippen LogP contribution in [-0.2, 0) is 30.9 Å². The van der Waals surface area contributed by atoms with Crippen LogP contribution in [0.5, 0.6) is 0 Å². The van der Waals surface area contributed by atoms with Gasteiger partial charge in [-0.25, -0.2) is 14.1 Å². The average Bonchev–Trinajstić information content (AvgIpc) is 3.03. The van der Waals surface area contributed by atoms with Crippen LogP contribution in [0, 0.1) is 12.7 Å². The molecular weight excluding hydrogens is 462 g/mol. The minimum atomic E-state index is -0.190. The summed E-state index contributed by atoms with van der Waals surface area (Å²) < 4.78 is 20.7. The summed E-state index contributed by atoms with van der Waals surface area (Å²) in [5.41, 5.74) is 1.53. The van der Waals surface area contributed by atoms with E-state index in [4.69, 9.17) is 4.74 Å². The van der Waals surface area contributed by atoms with Gasteiger partial charge in [-0.2, -0.15) is 5.10 Å². The molecule has 0 fully saturated rings. The molecule has 0 saturated heterocycles. The van der Waals surface area contributed by atoms with E-state index in [9.17, 15) is 4.39 Å². The minimum Gasteiger partial charge on any atom is -0.377 e. The van der Waals surface area contributed by atoms with Crippen molar-refractivity contribution in [3.63, 3.8) is 0 Å². The molecule has 1 aromatic heterocycles. The van der Waals surface area contributed by atoms with Crippen LogP contribution < -0.4 is 10.6 Å². The number of rotatable bonds is 5. The number of ether oxygens (including phenoxy) is 1. The molecule has 1 aliphatic rings. The predicted molar refractivity (Wildman–Crippen MR) is 113 cm³/mol. The van der Waals surface area contributed by atoms with E-state index in [0.717, 1.165) is 30.8 Å². The van der Waals surface area contributed by atoms with Crippen molar-refractivity contribution in [1.82, 2.24) is 25.4 Å². The summed E-state index contributed by atoms with van der Waals surface area (Å²) in [5.74, 6) is 2.21. The first-order chi connectivity index (χ1) is 12.6. The molecule has 2 heterocycles. The Morgan fingerprint density at radius 1 is 1.44 bits per heavy atom. The molecule has 2 N–H and O–H groups in total. The number of benzene rings is 1. The Morgan fingerprint density at radius 3 is 2.96 bits per heavy atom. The van der Waals surface area contributed by atoms with Crippen LogP contribution in [0.4, 0.5) is 4.39 Å². The van der Waals surface area contributed by atoms with E-state index in [1.807, 2.05) is 10.7 Å². The molecule has 0 saturated carbocycles. The van der Waals surface area contributed by atoms with Gasteiger partial charge in [-0.05, 0) is 30.5 Å². The molecule has 1 unspecified atom stereocenters. The fourth-order valence-corrected chi connectivity index (χ4v) is 2.99. The van der Waals surface area contributed by atoms with Crippen molar-refractivity contribution in [3.8, 4) is 0 Å². The lowest BCUT2D eigenvalue weighted by Crippen LogP contribution is -2.46. The van der Waals surface area contributed by atoms with Crippen LogP contribution in [0.3, 0.4) is 0 Å². The van der Waals surface area contributed by atoms with Crippen molar-refractivity contribution < 1.29 is 9.13 Å². The van der Waals surface area contributed by atoms with Gasteiger partial charge in [0.15, 0.2) is 11.8 Å². The van der Waals surface area contributed by atoms with E-state index in [0.29, 0.717) is 30.5 Å². The minimum absolute atomic E-state index is 0. The molecule has 0 aliphatic carbocycles. The maximum Gasteiger partial charge on any atom is 0.191 e. The van der Waals surface area contributed by atoms with Crippen LogP contribution in [-0.4, -0.2) is 40.9 Å². The van der Waals surface area contributed by atoms with Gasteiger partial charge < -0.3 is 15.4 Å². The van der Waals surface area contributed by atoms with Crippen molar-refractivity contribution in [2.45, 2.75) is 45.5 Å². The SMILES string of the molecule is CN=C(NCc1ccc(C)c(F)c1)NC1CCc2nc(COC)nn2C1.I. The molecule has 148 valence electrons. The number of halogens is 2. The zero-order chi connectivity index (χ0) is 18.5. The highest BCUT2D eigenvalue weighted by Crippen LogP contribution is 2.13. The molecule has 1 atom stereocenters. The Bertz CT molecular complexity index is 794. The number of guanidine groups is 1. The number of nitrogens with zero attached hydrogens (tertiary/aromatic N) is 4. The molecule has 2 aromatic rings. The van der Waals surface area contributed by atoms with E-state index < -0.39 is 0 Å². The van der Waals surface area contributed by atoms with E-state index in [-0.39, 0.29) is 35.8 Å². The van der Waals surface area contributed by atoms with Crippen molar-refractivity contribution in [1.29, 1.82) is 0 Å². The smallest absolute Gasteiger partial charge is 0.191 e. The summed E-state index contributed by atoms with van der Waals surface area (Å²) in [5, 5.41) is 11.1. The summed E-state index contributed by atoms with van der Waals surface area (Å²) >= 11 is 0. The maximum absolute atomic E-state index is 13.7. The highest BCUT2D eigenvalue weighted by Gasteiger charge is 2.22. The van der Waals surface area contributed by atoms with Gasteiger partial charge in [-0.3, -0.25) is 4.99 Å². The number of aromatic nitrogens is 3. The third kappa shape index (κ3) is 5.61. The Balaban J connectivity index is 0.00000261. The second kappa shape index (κ2) is 9.98. The molecule has 9 heteroatoms. The summed E-state index contributed by atoms with van der Waals surface area (Å²) in [6.07, 6.45) is 1.81. The van der Waals surface area contributed by atoms with Gasteiger partial charge in [0.25, 0.3) is 0 Å². The maximum atomic E-state index is 13.7. The third-order valence-corrected chi connectivity index (χ3v) is 4.44. The van der Waals surface area contributed by atoms with Gasteiger partial charge in [0, 0.05) is 33.2 Å². The van der Waals surface area contributed by atoms with E-state index in [2.05, 4.69) is 25.7 Å². The topological polar surface area (TPSA) is 76.4 Å². The number of methoxy groups -OCH3 is 1. The molecule has 0 bridgehead atoms. The van der Waals surface area contributed by atoms with Gasteiger partial charge >= 0.3 is 0 Å². The highest BCUT2D eigenvalue weighted by atomic mass is 127. The molecule has 0 amide bonds. The lowest BCUT2D eigenvalue weighted by molar-refractivity contribution is 0.177. The van der Waals surface area contributed by atoms with Gasteiger partial charge in [0.1, 0.15) is 18.2 Å². The monoisotopic (exact) mass is 488 g/mol. The number of fused-ring (bicyclic) bond motifs is 1. The molecular formula is C18H26FIN6O. The first-order valence-corrected chi connectivity index (χ1v) is 8.72.